The van der Waals surface area contributed by atoms with Gasteiger partial charge in [0.1, 0.15) is 0 Å². The van der Waals surface area contributed by atoms with Crippen LogP contribution in [0.1, 0.15) is 19.8 Å². The van der Waals surface area contributed by atoms with Crippen LogP contribution in [-0.4, -0.2) is 24.4 Å². The van der Waals surface area contributed by atoms with Crippen LogP contribution in [0.25, 0.3) is 0 Å². The lowest BCUT2D eigenvalue weighted by Crippen LogP contribution is -2.46. The summed E-state index contributed by atoms with van der Waals surface area (Å²) in [7, 11) is 0. The molecule has 1 N–H and O–H groups in total. The van der Waals surface area contributed by atoms with E-state index in [-0.39, 0.29) is 0 Å². The summed E-state index contributed by atoms with van der Waals surface area (Å²) in [6.07, 6.45) is -3.54. The summed E-state index contributed by atoms with van der Waals surface area (Å²) in [6.45, 7) is 4.30. The first-order valence-corrected chi connectivity index (χ1v) is 4.45. The molecule has 1 saturated heterocycles. The molecule has 2 unspecified atom stereocenters. The summed E-state index contributed by atoms with van der Waals surface area (Å²) >= 11 is 0. The van der Waals surface area contributed by atoms with Crippen molar-refractivity contribution < 1.29 is 17.6 Å². The zero-order valence-corrected chi connectivity index (χ0v) is 7.92. The van der Waals surface area contributed by atoms with Crippen LogP contribution in [0.4, 0.5) is 17.6 Å². The van der Waals surface area contributed by atoms with Gasteiger partial charge in [-0.3, -0.25) is 0 Å². The predicted octanol–water partition coefficient (Wildman–Crippen LogP) is 2.59. The van der Waals surface area contributed by atoms with E-state index < -0.39 is 23.5 Å². The largest absolute Gasteiger partial charge is 0.415 e. The van der Waals surface area contributed by atoms with Gasteiger partial charge < -0.3 is 5.32 Å². The van der Waals surface area contributed by atoms with E-state index in [4.69, 9.17) is 0 Å². The molecular weight excluding hydrogens is 198 g/mol. The average molecular weight is 211 g/mol. The summed E-state index contributed by atoms with van der Waals surface area (Å²) in [5, 5.41) is 2.71. The van der Waals surface area contributed by atoms with Crippen molar-refractivity contribution in [2.75, 3.05) is 6.54 Å². The molecule has 1 fully saturated rings. The van der Waals surface area contributed by atoms with Gasteiger partial charge in [-0.1, -0.05) is 6.58 Å². The SMILES string of the molecule is C=C(C(F)(F)F)C(C)(F)C1CCCN1. The van der Waals surface area contributed by atoms with Crippen molar-refractivity contribution in [1.82, 2.24) is 5.32 Å². The van der Waals surface area contributed by atoms with E-state index in [0.29, 0.717) is 19.4 Å². The van der Waals surface area contributed by atoms with Crippen molar-refractivity contribution in [2.24, 2.45) is 0 Å². The highest BCUT2D eigenvalue weighted by Crippen LogP contribution is 2.39. The van der Waals surface area contributed by atoms with Gasteiger partial charge in [0.05, 0.1) is 5.57 Å². The van der Waals surface area contributed by atoms with E-state index >= 15 is 0 Å². The van der Waals surface area contributed by atoms with Gasteiger partial charge >= 0.3 is 6.18 Å². The van der Waals surface area contributed by atoms with Gasteiger partial charge in [0.2, 0.25) is 0 Å². The quantitative estimate of drug-likeness (QED) is 0.546. The molecule has 0 aromatic heterocycles. The van der Waals surface area contributed by atoms with E-state index in [1.54, 1.807) is 0 Å². The van der Waals surface area contributed by atoms with Crippen LogP contribution in [0.2, 0.25) is 0 Å². The highest BCUT2D eigenvalue weighted by Gasteiger charge is 2.49. The van der Waals surface area contributed by atoms with Gasteiger partial charge in [-0.2, -0.15) is 13.2 Å². The summed E-state index contributed by atoms with van der Waals surface area (Å²) in [5.74, 6) is 0. The van der Waals surface area contributed by atoms with Crippen molar-refractivity contribution in [2.45, 2.75) is 37.7 Å². The molecule has 0 aromatic carbocycles. The molecule has 2 atom stereocenters. The number of hydrogen-bond donors (Lipinski definition) is 1. The molecule has 82 valence electrons. The lowest BCUT2D eigenvalue weighted by Gasteiger charge is -2.30. The lowest BCUT2D eigenvalue weighted by atomic mass is 9.89. The molecule has 1 heterocycles. The molecule has 0 aliphatic carbocycles. The number of rotatable bonds is 2. The molecule has 1 aliphatic rings. The molecule has 1 rings (SSSR count). The third-order valence-corrected chi connectivity index (χ3v) is 2.65. The van der Waals surface area contributed by atoms with Crippen molar-refractivity contribution in [3.05, 3.63) is 12.2 Å². The fraction of sp³-hybridized carbons (Fsp3) is 0.778. The molecule has 0 spiro atoms. The van der Waals surface area contributed by atoms with Gasteiger partial charge in [-0.05, 0) is 26.3 Å². The molecular formula is C9H13F4N. The Bertz CT molecular complexity index is 225. The fourth-order valence-corrected chi connectivity index (χ4v) is 1.63. The first-order chi connectivity index (χ1) is 6.26. The molecule has 0 aromatic rings. The number of alkyl halides is 4. The van der Waals surface area contributed by atoms with E-state index in [0.717, 1.165) is 6.92 Å². The highest BCUT2D eigenvalue weighted by atomic mass is 19.4. The van der Waals surface area contributed by atoms with E-state index in [2.05, 4.69) is 11.9 Å². The molecule has 0 amide bonds. The second-order valence-electron chi connectivity index (χ2n) is 3.70. The van der Waals surface area contributed by atoms with E-state index in [1.807, 2.05) is 0 Å². The van der Waals surface area contributed by atoms with Crippen LogP contribution in [0.15, 0.2) is 12.2 Å². The van der Waals surface area contributed by atoms with Crippen LogP contribution in [-0.2, 0) is 0 Å². The standard InChI is InChI=1S/C9H13F4N/c1-6(9(11,12)13)8(2,10)7-4-3-5-14-7/h7,14H,1,3-5H2,2H3. The minimum atomic E-state index is -4.66. The summed E-state index contributed by atoms with van der Waals surface area (Å²) in [5.41, 5.74) is -3.71. The second kappa shape index (κ2) is 3.53. The molecule has 0 saturated carbocycles. The Balaban J connectivity index is 2.78. The topological polar surface area (TPSA) is 12.0 Å². The minimum absolute atomic E-state index is 0.419. The molecule has 14 heavy (non-hydrogen) atoms. The minimum Gasteiger partial charge on any atom is -0.311 e. The highest BCUT2D eigenvalue weighted by molar-refractivity contribution is 5.21. The van der Waals surface area contributed by atoms with Crippen LogP contribution in [0.3, 0.4) is 0 Å². The number of halogens is 4. The molecule has 0 radical (unpaired) electrons. The maximum Gasteiger partial charge on any atom is 0.415 e. The Morgan fingerprint density at radius 3 is 2.29 bits per heavy atom. The first kappa shape index (κ1) is 11.5. The molecule has 0 bridgehead atoms. The maximum absolute atomic E-state index is 13.8. The van der Waals surface area contributed by atoms with Crippen LogP contribution >= 0.6 is 0 Å². The Hall–Kier alpha value is -0.580. The van der Waals surface area contributed by atoms with Crippen molar-refractivity contribution in [1.29, 1.82) is 0 Å². The number of hydrogen-bond acceptors (Lipinski definition) is 1. The lowest BCUT2D eigenvalue weighted by molar-refractivity contribution is -0.110. The third kappa shape index (κ3) is 2.08. The van der Waals surface area contributed by atoms with Gasteiger partial charge in [-0.15, -0.1) is 0 Å². The molecule has 5 heteroatoms. The zero-order valence-electron chi connectivity index (χ0n) is 7.92. The van der Waals surface area contributed by atoms with E-state index in [1.165, 1.54) is 0 Å². The van der Waals surface area contributed by atoms with Crippen LogP contribution in [0.5, 0.6) is 0 Å². The van der Waals surface area contributed by atoms with Crippen molar-refractivity contribution in [3.8, 4) is 0 Å². The zero-order chi connectivity index (χ0) is 11.0. The maximum atomic E-state index is 13.8. The van der Waals surface area contributed by atoms with Gasteiger partial charge in [0, 0.05) is 6.04 Å². The normalized spacial score (nSPS) is 27.4. The average Bonchev–Trinajstić information content (AvgIpc) is 2.53. The Kier molecular flexibility index (Phi) is 2.90. The molecule has 1 nitrogen and oxygen atoms in total. The summed E-state index contributed by atoms with van der Waals surface area (Å²) in [4.78, 5) is 0. The van der Waals surface area contributed by atoms with Crippen molar-refractivity contribution in [3.63, 3.8) is 0 Å². The Morgan fingerprint density at radius 1 is 1.36 bits per heavy atom. The van der Waals surface area contributed by atoms with Crippen LogP contribution in [0, 0.1) is 0 Å². The molecule has 1 aliphatic heterocycles. The fourth-order valence-electron chi connectivity index (χ4n) is 1.63. The second-order valence-corrected chi connectivity index (χ2v) is 3.70. The first-order valence-electron chi connectivity index (χ1n) is 4.45. The van der Waals surface area contributed by atoms with Gasteiger partial charge in [0.15, 0.2) is 5.67 Å². The smallest absolute Gasteiger partial charge is 0.311 e. The predicted molar refractivity (Wildman–Crippen MR) is 45.7 cm³/mol. The van der Waals surface area contributed by atoms with Crippen molar-refractivity contribution >= 4 is 0 Å². The van der Waals surface area contributed by atoms with Crippen LogP contribution < -0.4 is 5.32 Å². The van der Waals surface area contributed by atoms with Gasteiger partial charge in [-0.25, -0.2) is 4.39 Å². The summed E-state index contributed by atoms with van der Waals surface area (Å²) in [6, 6.07) is -0.767. The number of nitrogens with one attached hydrogen (secondary N) is 1. The Morgan fingerprint density at radius 2 is 1.93 bits per heavy atom. The third-order valence-electron chi connectivity index (χ3n) is 2.65. The van der Waals surface area contributed by atoms with Gasteiger partial charge in [0.25, 0.3) is 0 Å². The summed E-state index contributed by atoms with van der Waals surface area (Å²) < 4.78 is 50.5. The Labute approximate surface area is 80.2 Å². The monoisotopic (exact) mass is 211 g/mol. The van der Waals surface area contributed by atoms with E-state index in [9.17, 15) is 17.6 Å².